The van der Waals surface area contributed by atoms with E-state index in [2.05, 4.69) is 20.4 Å². The monoisotopic (exact) mass is 513 g/mol. The van der Waals surface area contributed by atoms with E-state index in [9.17, 15) is 14.7 Å². The van der Waals surface area contributed by atoms with Crippen molar-refractivity contribution >= 4 is 23.0 Å². The second kappa shape index (κ2) is 10.9. The molecular formula is C26H32FN5O5. The summed E-state index contributed by atoms with van der Waals surface area (Å²) < 4.78 is 26.2. The standard InChI is InChI=1S/C26H32FN5O5/c1-15-18(13-37-31-15)25(33)30-22(16-7-5-3-2-4-6-8-16)24-28-19-10-9-17(21(27)23(19)29-24)20-14-36-12-11-32(20)26(34)35/h9-10,13,16,20,22H,2-8,11-12,14H2,1H3,(H,28,29)(H,30,33)(H,34,35). The third-order valence-corrected chi connectivity index (χ3v) is 7.57. The number of ether oxygens (including phenoxy) is 1. The number of halogens is 1. The van der Waals surface area contributed by atoms with Crippen LogP contribution in [-0.2, 0) is 4.74 Å². The van der Waals surface area contributed by atoms with Crippen LogP contribution in [0.1, 0.15) is 84.5 Å². The summed E-state index contributed by atoms with van der Waals surface area (Å²) in [5.74, 6) is -0.293. The molecule has 2 aromatic heterocycles. The van der Waals surface area contributed by atoms with Gasteiger partial charge in [-0.15, -0.1) is 0 Å². The summed E-state index contributed by atoms with van der Waals surface area (Å²) in [7, 11) is 0. The Labute approximate surface area is 213 Å². The third-order valence-electron chi connectivity index (χ3n) is 7.57. The molecule has 0 spiro atoms. The molecule has 1 saturated heterocycles. The van der Waals surface area contributed by atoms with Gasteiger partial charge in [0.1, 0.15) is 23.2 Å². The molecule has 2 amide bonds. The lowest BCUT2D eigenvalue weighted by Crippen LogP contribution is -2.43. The minimum Gasteiger partial charge on any atom is -0.465 e. The van der Waals surface area contributed by atoms with Crippen LogP contribution >= 0.6 is 0 Å². The number of hydrogen-bond donors (Lipinski definition) is 3. The lowest BCUT2D eigenvalue weighted by Gasteiger charge is -2.33. The number of fused-ring (bicyclic) bond motifs is 1. The molecular weight excluding hydrogens is 481 g/mol. The number of nitrogens with one attached hydrogen (secondary N) is 2. The molecule has 3 N–H and O–H groups in total. The number of carbonyl (C=O) groups excluding carboxylic acids is 1. The van der Waals surface area contributed by atoms with E-state index in [1.54, 1.807) is 19.1 Å². The van der Waals surface area contributed by atoms with Gasteiger partial charge in [-0.3, -0.25) is 9.69 Å². The van der Waals surface area contributed by atoms with Gasteiger partial charge in [-0.05, 0) is 31.7 Å². The van der Waals surface area contributed by atoms with Crippen molar-refractivity contribution in [3.8, 4) is 0 Å². The van der Waals surface area contributed by atoms with E-state index in [-0.39, 0.29) is 42.7 Å². The smallest absolute Gasteiger partial charge is 0.407 e. The van der Waals surface area contributed by atoms with Crippen LogP contribution in [0.25, 0.3) is 11.0 Å². The van der Waals surface area contributed by atoms with Crippen molar-refractivity contribution < 1.29 is 28.3 Å². The Hall–Kier alpha value is -3.47. The van der Waals surface area contributed by atoms with Crippen LogP contribution in [0.2, 0.25) is 0 Å². The van der Waals surface area contributed by atoms with Crippen LogP contribution in [0.4, 0.5) is 9.18 Å². The van der Waals surface area contributed by atoms with Crippen molar-refractivity contribution in [2.45, 2.75) is 64.0 Å². The first-order valence-corrected chi connectivity index (χ1v) is 12.9. The van der Waals surface area contributed by atoms with Gasteiger partial charge in [-0.25, -0.2) is 14.2 Å². The number of morpholine rings is 1. The summed E-state index contributed by atoms with van der Waals surface area (Å²) in [6.45, 7) is 2.22. The zero-order chi connectivity index (χ0) is 25.9. The maximum atomic E-state index is 15.8. The van der Waals surface area contributed by atoms with Crippen LogP contribution in [-0.4, -0.2) is 56.9 Å². The highest BCUT2D eigenvalue weighted by Crippen LogP contribution is 2.35. The minimum absolute atomic E-state index is 0.0743. The molecule has 5 rings (SSSR count). The van der Waals surface area contributed by atoms with Crippen molar-refractivity contribution in [1.29, 1.82) is 0 Å². The number of hydrogen-bond acceptors (Lipinski definition) is 6. The number of imidazole rings is 1. The molecule has 1 saturated carbocycles. The Kier molecular flexibility index (Phi) is 7.40. The zero-order valence-electron chi connectivity index (χ0n) is 20.8. The molecule has 11 heteroatoms. The molecule has 2 aliphatic rings. The first kappa shape index (κ1) is 25.2. The van der Waals surface area contributed by atoms with Crippen molar-refractivity contribution in [2.24, 2.45) is 5.92 Å². The molecule has 1 aromatic carbocycles. The highest BCUT2D eigenvalue weighted by molar-refractivity contribution is 5.95. The fourth-order valence-electron chi connectivity index (χ4n) is 5.53. The van der Waals surface area contributed by atoms with E-state index in [0.29, 0.717) is 22.6 Å². The topological polar surface area (TPSA) is 134 Å². The highest BCUT2D eigenvalue weighted by Gasteiger charge is 2.33. The van der Waals surface area contributed by atoms with Crippen LogP contribution in [0.3, 0.4) is 0 Å². The second-order valence-electron chi connectivity index (χ2n) is 9.92. The number of nitrogens with zero attached hydrogens (tertiary/aromatic N) is 3. The number of carbonyl (C=O) groups is 2. The summed E-state index contributed by atoms with van der Waals surface area (Å²) in [6.07, 6.45) is 7.64. The first-order chi connectivity index (χ1) is 17.9. The summed E-state index contributed by atoms with van der Waals surface area (Å²) in [5.41, 5.74) is 1.67. The van der Waals surface area contributed by atoms with Crippen molar-refractivity contribution in [3.05, 3.63) is 46.9 Å². The fourth-order valence-corrected chi connectivity index (χ4v) is 5.53. The molecule has 2 fully saturated rings. The van der Waals surface area contributed by atoms with Gasteiger partial charge < -0.3 is 24.7 Å². The Bertz CT molecular complexity index is 1270. The quantitative estimate of drug-likeness (QED) is 0.443. The van der Waals surface area contributed by atoms with Crippen LogP contribution < -0.4 is 5.32 Å². The largest absolute Gasteiger partial charge is 0.465 e. The van der Waals surface area contributed by atoms with Gasteiger partial charge in [-0.1, -0.05) is 43.3 Å². The van der Waals surface area contributed by atoms with Crippen molar-refractivity contribution in [2.75, 3.05) is 19.8 Å². The van der Waals surface area contributed by atoms with Gasteiger partial charge in [0.15, 0.2) is 5.82 Å². The fraction of sp³-hybridized carbons (Fsp3) is 0.538. The lowest BCUT2D eigenvalue weighted by atomic mass is 9.85. The third kappa shape index (κ3) is 5.18. The zero-order valence-corrected chi connectivity index (χ0v) is 20.8. The SMILES string of the molecule is Cc1nocc1C(=O)NC(c1nc2c(F)c(C3COCCN3C(=O)O)ccc2[nH]1)C1CCCCCCC1. The maximum Gasteiger partial charge on any atom is 0.407 e. The van der Waals surface area contributed by atoms with Crippen molar-refractivity contribution in [1.82, 2.24) is 25.3 Å². The van der Waals surface area contributed by atoms with E-state index in [0.717, 1.165) is 38.5 Å². The number of rotatable bonds is 5. The summed E-state index contributed by atoms with van der Waals surface area (Å²) in [5, 5.41) is 16.5. The van der Waals surface area contributed by atoms with Gasteiger partial charge in [0.25, 0.3) is 5.91 Å². The number of carboxylic acid groups (broad SMARTS) is 1. The van der Waals surface area contributed by atoms with Gasteiger partial charge in [0.2, 0.25) is 0 Å². The normalized spacial score (nSPS) is 20.4. The van der Waals surface area contributed by atoms with E-state index in [1.807, 2.05) is 0 Å². The number of aryl methyl sites for hydroxylation is 1. The van der Waals surface area contributed by atoms with Gasteiger partial charge >= 0.3 is 6.09 Å². The van der Waals surface area contributed by atoms with Crippen LogP contribution in [0.5, 0.6) is 0 Å². The molecule has 2 atom stereocenters. The summed E-state index contributed by atoms with van der Waals surface area (Å²) in [4.78, 5) is 33.9. The number of aromatic nitrogens is 3. The summed E-state index contributed by atoms with van der Waals surface area (Å²) in [6, 6.07) is 2.08. The van der Waals surface area contributed by atoms with E-state index >= 15 is 4.39 Å². The molecule has 0 radical (unpaired) electrons. The van der Waals surface area contributed by atoms with E-state index in [4.69, 9.17) is 9.26 Å². The second-order valence-corrected chi connectivity index (χ2v) is 9.92. The Morgan fingerprint density at radius 2 is 1.97 bits per heavy atom. The Morgan fingerprint density at radius 3 is 2.68 bits per heavy atom. The van der Waals surface area contributed by atoms with E-state index < -0.39 is 24.0 Å². The maximum absolute atomic E-state index is 15.8. The molecule has 2 unspecified atom stereocenters. The number of aromatic amines is 1. The van der Waals surface area contributed by atoms with Crippen LogP contribution in [0, 0.1) is 18.7 Å². The predicted molar refractivity (Wildman–Crippen MR) is 132 cm³/mol. The van der Waals surface area contributed by atoms with Crippen molar-refractivity contribution in [3.63, 3.8) is 0 Å². The van der Waals surface area contributed by atoms with Gasteiger partial charge in [0, 0.05) is 12.1 Å². The molecule has 37 heavy (non-hydrogen) atoms. The van der Waals surface area contributed by atoms with E-state index in [1.165, 1.54) is 17.6 Å². The Balaban J connectivity index is 1.50. The molecule has 198 valence electrons. The molecule has 0 bridgehead atoms. The number of amides is 2. The highest BCUT2D eigenvalue weighted by atomic mass is 19.1. The summed E-state index contributed by atoms with van der Waals surface area (Å²) >= 11 is 0. The molecule has 10 nitrogen and oxygen atoms in total. The lowest BCUT2D eigenvalue weighted by molar-refractivity contribution is -0.00190. The predicted octanol–water partition coefficient (Wildman–Crippen LogP) is 4.88. The molecule has 3 heterocycles. The number of H-pyrrole nitrogens is 1. The number of benzene rings is 1. The molecule has 1 aliphatic heterocycles. The average Bonchev–Trinajstić information content (AvgIpc) is 3.50. The van der Waals surface area contributed by atoms with Crippen LogP contribution in [0.15, 0.2) is 22.9 Å². The first-order valence-electron chi connectivity index (χ1n) is 12.9. The molecule has 3 aromatic rings. The minimum atomic E-state index is -1.12. The Morgan fingerprint density at radius 1 is 1.22 bits per heavy atom. The van der Waals surface area contributed by atoms with Gasteiger partial charge in [0.05, 0.1) is 36.5 Å². The average molecular weight is 514 g/mol. The molecule has 1 aliphatic carbocycles. The van der Waals surface area contributed by atoms with Gasteiger partial charge in [-0.2, -0.15) is 0 Å².